The van der Waals surface area contributed by atoms with Gasteiger partial charge in [-0.05, 0) is 49.6 Å². The number of nitrogens with one attached hydrogen (secondary N) is 1. The predicted molar refractivity (Wildman–Crippen MR) is 129 cm³/mol. The number of amides is 1. The van der Waals surface area contributed by atoms with Crippen molar-refractivity contribution in [2.75, 3.05) is 11.4 Å². The van der Waals surface area contributed by atoms with E-state index in [1.54, 1.807) is 24.3 Å². The van der Waals surface area contributed by atoms with Crippen molar-refractivity contribution in [3.8, 4) is 11.1 Å². The first-order chi connectivity index (χ1) is 15.9. The molecule has 1 aromatic heterocycles. The van der Waals surface area contributed by atoms with Crippen molar-refractivity contribution in [3.63, 3.8) is 0 Å². The summed E-state index contributed by atoms with van der Waals surface area (Å²) in [6.45, 7) is 3.18. The predicted octanol–water partition coefficient (Wildman–Crippen LogP) is 5.21. The number of carbonyl (C=O) groups is 1. The normalized spacial score (nSPS) is 16.3. The number of carbonyl (C=O) groups excluding carboxylic acids is 1. The lowest BCUT2D eigenvalue weighted by Crippen LogP contribution is -2.30. The maximum Gasteiger partial charge on any atom is 0.300 e. The van der Waals surface area contributed by atoms with Gasteiger partial charge < -0.3 is 9.32 Å². The molecular formula is C26H24N2O4S. The molecule has 3 aromatic carbocycles. The summed E-state index contributed by atoms with van der Waals surface area (Å²) in [4.78, 5) is 15.2. The molecule has 1 N–H and O–H groups in total. The second-order valence-electron chi connectivity index (χ2n) is 8.31. The van der Waals surface area contributed by atoms with Crippen LogP contribution in [0, 0.1) is 0 Å². The van der Waals surface area contributed by atoms with E-state index >= 15 is 0 Å². The van der Waals surface area contributed by atoms with Crippen molar-refractivity contribution >= 4 is 32.6 Å². The van der Waals surface area contributed by atoms with E-state index in [0.717, 1.165) is 36.0 Å². The SMILES string of the molecule is C[C@H]1CCCN1c1ccc2cc(C(=O)NS(=O)(=O)c3ccccc3-c3ccccc3)oc2c1. The first-order valence-corrected chi connectivity index (χ1v) is 12.4. The summed E-state index contributed by atoms with van der Waals surface area (Å²) in [5, 5.41) is 0.748. The van der Waals surface area contributed by atoms with Gasteiger partial charge in [-0.2, -0.15) is 0 Å². The molecule has 0 unspecified atom stereocenters. The standard InChI is InChI=1S/C26H24N2O4S/c1-18-8-7-15-28(18)21-14-13-20-16-24(32-23(20)17-21)26(29)27-33(30,31)25-12-6-5-11-22(25)19-9-3-2-4-10-19/h2-6,9-14,16-18H,7-8,15H2,1H3,(H,27,29)/t18-/m0/s1. The van der Waals surface area contributed by atoms with Gasteiger partial charge in [0, 0.05) is 35.3 Å². The zero-order chi connectivity index (χ0) is 23.0. The van der Waals surface area contributed by atoms with Gasteiger partial charge in [-0.3, -0.25) is 4.79 Å². The smallest absolute Gasteiger partial charge is 0.300 e. The number of fused-ring (bicyclic) bond motifs is 1. The third-order valence-electron chi connectivity index (χ3n) is 6.10. The van der Waals surface area contributed by atoms with Gasteiger partial charge in [0.1, 0.15) is 5.58 Å². The minimum absolute atomic E-state index is 0.0333. The summed E-state index contributed by atoms with van der Waals surface area (Å²) in [7, 11) is -4.12. The number of hydrogen-bond acceptors (Lipinski definition) is 5. The number of furan rings is 1. The van der Waals surface area contributed by atoms with Crippen molar-refractivity contribution in [1.29, 1.82) is 0 Å². The number of sulfonamides is 1. The highest BCUT2D eigenvalue weighted by molar-refractivity contribution is 7.90. The molecule has 0 radical (unpaired) electrons. The first kappa shape index (κ1) is 21.3. The van der Waals surface area contributed by atoms with E-state index in [1.165, 1.54) is 6.07 Å². The lowest BCUT2D eigenvalue weighted by molar-refractivity contribution is 0.0956. The highest BCUT2D eigenvalue weighted by atomic mass is 32.2. The van der Waals surface area contributed by atoms with Crippen LogP contribution in [0.4, 0.5) is 5.69 Å². The van der Waals surface area contributed by atoms with Crippen LogP contribution in [0.15, 0.2) is 88.2 Å². The highest BCUT2D eigenvalue weighted by Gasteiger charge is 2.25. The first-order valence-electron chi connectivity index (χ1n) is 10.9. The maximum atomic E-state index is 13.1. The van der Waals surface area contributed by atoms with E-state index < -0.39 is 15.9 Å². The van der Waals surface area contributed by atoms with Gasteiger partial charge in [-0.25, -0.2) is 13.1 Å². The molecule has 0 saturated carbocycles. The van der Waals surface area contributed by atoms with Crippen LogP contribution in [0.2, 0.25) is 0 Å². The molecule has 168 valence electrons. The highest BCUT2D eigenvalue weighted by Crippen LogP contribution is 2.31. The van der Waals surface area contributed by atoms with Crippen molar-refractivity contribution in [2.24, 2.45) is 0 Å². The monoisotopic (exact) mass is 460 g/mol. The molecule has 6 nitrogen and oxygen atoms in total. The largest absolute Gasteiger partial charge is 0.451 e. The van der Waals surface area contributed by atoms with Crippen LogP contribution in [-0.2, 0) is 10.0 Å². The fourth-order valence-corrected chi connectivity index (χ4v) is 5.60. The van der Waals surface area contributed by atoms with E-state index in [0.29, 0.717) is 17.2 Å². The molecule has 1 saturated heterocycles. The van der Waals surface area contributed by atoms with E-state index in [1.807, 2.05) is 48.5 Å². The Hall–Kier alpha value is -3.58. The van der Waals surface area contributed by atoms with Crippen LogP contribution in [0.25, 0.3) is 22.1 Å². The third kappa shape index (κ3) is 4.12. The Morgan fingerprint density at radius 2 is 1.76 bits per heavy atom. The van der Waals surface area contributed by atoms with Crippen LogP contribution < -0.4 is 9.62 Å². The number of anilines is 1. The summed E-state index contributed by atoms with van der Waals surface area (Å²) in [6, 6.07) is 23.6. The fourth-order valence-electron chi connectivity index (χ4n) is 4.41. The summed E-state index contributed by atoms with van der Waals surface area (Å²) >= 11 is 0. The van der Waals surface area contributed by atoms with Gasteiger partial charge in [-0.1, -0.05) is 48.5 Å². The van der Waals surface area contributed by atoms with Gasteiger partial charge in [-0.15, -0.1) is 0 Å². The second-order valence-corrected chi connectivity index (χ2v) is 9.97. The molecule has 0 bridgehead atoms. The van der Waals surface area contributed by atoms with Gasteiger partial charge >= 0.3 is 5.91 Å². The maximum absolute atomic E-state index is 13.1. The average molecular weight is 461 g/mol. The molecule has 2 heterocycles. The quantitative estimate of drug-likeness (QED) is 0.442. The molecule has 1 aliphatic rings. The Morgan fingerprint density at radius 1 is 1.00 bits per heavy atom. The van der Waals surface area contributed by atoms with Crippen molar-refractivity contribution in [3.05, 3.63) is 84.6 Å². The van der Waals surface area contributed by atoms with E-state index in [2.05, 4.69) is 16.5 Å². The van der Waals surface area contributed by atoms with Crippen LogP contribution >= 0.6 is 0 Å². The lowest BCUT2D eigenvalue weighted by Gasteiger charge is -2.23. The van der Waals surface area contributed by atoms with Gasteiger partial charge in [0.25, 0.3) is 10.0 Å². The zero-order valence-corrected chi connectivity index (χ0v) is 19.0. The third-order valence-corrected chi connectivity index (χ3v) is 7.49. The van der Waals surface area contributed by atoms with E-state index in [4.69, 9.17) is 4.42 Å². The zero-order valence-electron chi connectivity index (χ0n) is 18.2. The molecular weight excluding hydrogens is 436 g/mol. The number of benzene rings is 3. The molecule has 1 aliphatic heterocycles. The van der Waals surface area contributed by atoms with Crippen molar-refractivity contribution in [2.45, 2.75) is 30.7 Å². The van der Waals surface area contributed by atoms with Gasteiger partial charge in [0.05, 0.1) is 4.90 Å². The molecule has 0 spiro atoms. The fraction of sp³-hybridized carbons (Fsp3) is 0.192. The Bertz CT molecular complexity index is 1430. The Labute approximate surface area is 192 Å². The van der Waals surface area contributed by atoms with E-state index in [-0.39, 0.29) is 10.7 Å². The van der Waals surface area contributed by atoms with Crippen LogP contribution in [0.5, 0.6) is 0 Å². The van der Waals surface area contributed by atoms with Gasteiger partial charge in [0.2, 0.25) is 0 Å². The molecule has 1 atom stereocenters. The van der Waals surface area contributed by atoms with Crippen LogP contribution in [0.1, 0.15) is 30.3 Å². The molecule has 33 heavy (non-hydrogen) atoms. The molecule has 7 heteroatoms. The molecule has 5 rings (SSSR count). The molecule has 4 aromatic rings. The summed E-state index contributed by atoms with van der Waals surface area (Å²) in [5.74, 6) is -0.845. The minimum atomic E-state index is -4.12. The molecule has 1 amide bonds. The Morgan fingerprint density at radius 3 is 2.52 bits per heavy atom. The number of nitrogens with zero attached hydrogens (tertiary/aromatic N) is 1. The van der Waals surface area contributed by atoms with Crippen molar-refractivity contribution < 1.29 is 17.6 Å². The van der Waals surface area contributed by atoms with Crippen molar-refractivity contribution in [1.82, 2.24) is 4.72 Å². The molecule has 1 fully saturated rings. The summed E-state index contributed by atoms with van der Waals surface area (Å²) in [5.41, 5.74) is 2.86. The Kier molecular flexibility index (Phi) is 5.42. The van der Waals surface area contributed by atoms with Gasteiger partial charge in [0.15, 0.2) is 5.76 Å². The second kappa shape index (κ2) is 8.41. The number of rotatable bonds is 5. The number of hydrogen-bond donors (Lipinski definition) is 1. The van der Waals surface area contributed by atoms with E-state index in [9.17, 15) is 13.2 Å². The molecule has 0 aliphatic carbocycles. The Balaban J connectivity index is 1.43. The average Bonchev–Trinajstić information content (AvgIpc) is 3.45. The summed E-state index contributed by atoms with van der Waals surface area (Å²) in [6.07, 6.45) is 2.29. The van der Waals surface area contributed by atoms with Crippen LogP contribution in [0.3, 0.4) is 0 Å². The summed E-state index contributed by atoms with van der Waals surface area (Å²) < 4.78 is 34.1. The lowest BCUT2D eigenvalue weighted by atomic mass is 10.1. The minimum Gasteiger partial charge on any atom is -0.451 e. The topological polar surface area (TPSA) is 79.6 Å². The van der Waals surface area contributed by atoms with Crippen LogP contribution in [-0.4, -0.2) is 26.9 Å².